The first-order chi connectivity index (χ1) is 11.1. The second-order valence-electron chi connectivity index (χ2n) is 6.51. The van der Waals surface area contributed by atoms with Gasteiger partial charge < -0.3 is 15.2 Å². The van der Waals surface area contributed by atoms with E-state index in [0.717, 1.165) is 42.1 Å². The topological polar surface area (TPSA) is 69.2 Å². The molecular formula is C19H20NO3-. The van der Waals surface area contributed by atoms with E-state index in [2.05, 4.69) is 5.32 Å². The number of fused-ring (bicyclic) bond motifs is 1. The average Bonchev–Trinajstić information content (AvgIpc) is 2.94. The van der Waals surface area contributed by atoms with Crippen molar-refractivity contribution in [3.63, 3.8) is 0 Å². The lowest BCUT2D eigenvalue weighted by molar-refractivity contribution is -0.308. The molecule has 120 valence electrons. The standard InChI is InChI=1S/C19H21NO3/c21-17(12-19(13-18(22)23)10-3-4-11-19)20-16-9-5-7-14-6-1-2-8-15(14)16/h1-2,5-9H,3-4,10-13H2,(H,20,21)(H,22,23)/p-1. The highest BCUT2D eigenvalue weighted by Gasteiger charge is 2.36. The number of nitrogens with one attached hydrogen (secondary N) is 1. The zero-order valence-corrected chi connectivity index (χ0v) is 13.0. The predicted molar refractivity (Wildman–Crippen MR) is 87.7 cm³/mol. The van der Waals surface area contributed by atoms with Gasteiger partial charge in [0.1, 0.15) is 0 Å². The zero-order chi connectivity index (χ0) is 16.3. The first-order valence-corrected chi connectivity index (χ1v) is 8.06. The van der Waals surface area contributed by atoms with Crippen LogP contribution in [-0.2, 0) is 9.59 Å². The van der Waals surface area contributed by atoms with Gasteiger partial charge in [0.2, 0.25) is 5.91 Å². The first-order valence-electron chi connectivity index (χ1n) is 8.06. The number of aliphatic carboxylic acids is 1. The van der Waals surface area contributed by atoms with Crippen LogP contribution in [0.15, 0.2) is 42.5 Å². The van der Waals surface area contributed by atoms with Crippen molar-refractivity contribution < 1.29 is 14.7 Å². The third-order valence-electron chi connectivity index (χ3n) is 4.78. The van der Waals surface area contributed by atoms with Crippen molar-refractivity contribution in [1.82, 2.24) is 0 Å². The molecule has 0 heterocycles. The molecule has 1 saturated carbocycles. The van der Waals surface area contributed by atoms with Crippen molar-refractivity contribution in [2.75, 3.05) is 5.32 Å². The average molecular weight is 310 g/mol. The van der Waals surface area contributed by atoms with E-state index in [1.165, 1.54) is 0 Å². The number of anilines is 1. The Morgan fingerprint density at radius 1 is 1.00 bits per heavy atom. The maximum absolute atomic E-state index is 12.5. The largest absolute Gasteiger partial charge is 0.550 e. The van der Waals surface area contributed by atoms with Crippen LogP contribution >= 0.6 is 0 Å². The quantitative estimate of drug-likeness (QED) is 0.923. The van der Waals surface area contributed by atoms with E-state index in [9.17, 15) is 14.7 Å². The lowest BCUT2D eigenvalue weighted by Crippen LogP contribution is -2.33. The SMILES string of the molecule is O=C([O-])CC1(CC(=O)Nc2cccc3ccccc23)CCCC1. The molecule has 0 radical (unpaired) electrons. The number of carbonyl (C=O) groups excluding carboxylic acids is 2. The van der Waals surface area contributed by atoms with Gasteiger partial charge in [-0.05, 0) is 36.1 Å². The third-order valence-corrected chi connectivity index (χ3v) is 4.78. The Morgan fingerprint density at radius 3 is 2.43 bits per heavy atom. The summed E-state index contributed by atoms with van der Waals surface area (Å²) < 4.78 is 0. The molecule has 1 aliphatic carbocycles. The van der Waals surface area contributed by atoms with Crippen LogP contribution in [0.4, 0.5) is 5.69 Å². The number of carboxylic acid groups (broad SMARTS) is 1. The number of hydrogen-bond acceptors (Lipinski definition) is 3. The molecule has 0 saturated heterocycles. The van der Waals surface area contributed by atoms with Gasteiger partial charge in [0.25, 0.3) is 0 Å². The summed E-state index contributed by atoms with van der Waals surface area (Å²) in [6.07, 6.45) is 3.73. The third kappa shape index (κ3) is 3.52. The van der Waals surface area contributed by atoms with E-state index in [1.807, 2.05) is 42.5 Å². The van der Waals surface area contributed by atoms with Gasteiger partial charge in [-0.3, -0.25) is 4.79 Å². The Labute approximate surface area is 135 Å². The lowest BCUT2D eigenvalue weighted by atomic mass is 9.79. The minimum atomic E-state index is -1.06. The molecule has 4 heteroatoms. The minimum absolute atomic E-state index is 0.0318. The van der Waals surface area contributed by atoms with Crippen molar-refractivity contribution in [2.45, 2.75) is 38.5 Å². The number of rotatable bonds is 5. The number of carbonyl (C=O) groups is 2. The van der Waals surface area contributed by atoms with Crippen molar-refractivity contribution in [3.05, 3.63) is 42.5 Å². The Bertz CT molecular complexity index is 727. The molecule has 0 unspecified atom stereocenters. The van der Waals surface area contributed by atoms with E-state index in [1.54, 1.807) is 0 Å². The minimum Gasteiger partial charge on any atom is -0.550 e. The number of hydrogen-bond donors (Lipinski definition) is 1. The van der Waals surface area contributed by atoms with Crippen LogP contribution in [0, 0.1) is 5.41 Å². The molecule has 1 fully saturated rings. The molecule has 3 rings (SSSR count). The van der Waals surface area contributed by atoms with E-state index in [4.69, 9.17) is 0 Å². The molecule has 23 heavy (non-hydrogen) atoms. The summed E-state index contributed by atoms with van der Waals surface area (Å²) in [4.78, 5) is 23.5. The van der Waals surface area contributed by atoms with Crippen LogP contribution < -0.4 is 10.4 Å². The molecule has 0 spiro atoms. The van der Waals surface area contributed by atoms with Crippen LogP contribution in [0.5, 0.6) is 0 Å². The predicted octanol–water partition coefficient (Wildman–Crippen LogP) is 2.87. The summed E-state index contributed by atoms with van der Waals surface area (Å²) in [7, 11) is 0. The summed E-state index contributed by atoms with van der Waals surface area (Å²) in [6, 6.07) is 13.6. The maximum atomic E-state index is 12.5. The van der Waals surface area contributed by atoms with E-state index in [0.29, 0.717) is 0 Å². The van der Waals surface area contributed by atoms with Crippen molar-refractivity contribution in [3.8, 4) is 0 Å². The number of benzene rings is 2. The lowest BCUT2D eigenvalue weighted by Gasteiger charge is -2.28. The maximum Gasteiger partial charge on any atom is 0.224 e. The van der Waals surface area contributed by atoms with Crippen molar-refractivity contribution >= 4 is 28.3 Å². The summed E-state index contributed by atoms with van der Waals surface area (Å²) in [6.45, 7) is 0. The van der Waals surface area contributed by atoms with Crippen LogP contribution in [0.3, 0.4) is 0 Å². The van der Waals surface area contributed by atoms with E-state index in [-0.39, 0.29) is 18.7 Å². The molecule has 0 aromatic heterocycles. The van der Waals surface area contributed by atoms with Gasteiger partial charge in [0, 0.05) is 23.5 Å². The van der Waals surface area contributed by atoms with Crippen molar-refractivity contribution in [1.29, 1.82) is 0 Å². The molecule has 0 atom stereocenters. The Hall–Kier alpha value is -2.36. The molecule has 2 aromatic rings. The van der Waals surface area contributed by atoms with Gasteiger partial charge in [-0.2, -0.15) is 0 Å². The normalized spacial score (nSPS) is 16.3. The van der Waals surface area contributed by atoms with E-state index >= 15 is 0 Å². The first kappa shape index (κ1) is 15.5. The molecule has 0 aliphatic heterocycles. The molecule has 1 N–H and O–H groups in total. The van der Waals surface area contributed by atoms with Crippen LogP contribution in [0.2, 0.25) is 0 Å². The second-order valence-corrected chi connectivity index (χ2v) is 6.51. The molecule has 1 aliphatic rings. The monoisotopic (exact) mass is 310 g/mol. The summed E-state index contributed by atoms with van der Waals surface area (Å²) in [5, 5.41) is 16.0. The molecule has 4 nitrogen and oxygen atoms in total. The molecular weight excluding hydrogens is 290 g/mol. The fourth-order valence-electron chi connectivity index (χ4n) is 3.72. The molecule has 0 bridgehead atoms. The Kier molecular flexibility index (Phi) is 4.33. The van der Waals surface area contributed by atoms with Gasteiger partial charge in [-0.1, -0.05) is 49.2 Å². The van der Waals surface area contributed by atoms with Gasteiger partial charge >= 0.3 is 0 Å². The van der Waals surface area contributed by atoms with E-state index < -0.39 is 11.4 Å². The van der Waals surface area contributed by atoms with Crippen LogP contribution in [0.25, 0.3) is 10.8 Å². The van der Waals surface area contributed by atoms with Gasteiger partial charge in [-0.25, -0.2) is 0 Å². The fourth-order valence-corrected chi connectivity index (χ4v) is 3.72. The summed E-state index contributed by atoms with van der Waals surface area (Å²) in [5.74, 6) is -1.19. The summed E-state index contributed by atoms with van der Waals surface area (Å²) in [5.41, 5.74) is 0.336. The smallest absolute Gasteiger partial charge is 0.224 e. The second kappa shape index (κ2) is 6.41. The highest BCUT2D eigenvalue weighted by molar-refractivity contribution is 6.02. The van der Waals surface area contributed by atoms with Crippen LogP contribution in [-0.4, -0.2) is 11.9 Å². The summed E-state index contributed by atoms with van der Waals surface area (Å²) >= 11 is 0. The number of carboxylic acids is 1. The Balaban J connectivity index is 1.77. The Morgan fingerprint density at radius 2 is 1.70 bits per heavy atom. The fraction of sp³-hybridized carbons (Fsp3) is 0.368. The van der Waals surface area contributed by atoms with Gasteiger partial charge in [0.15, 0.2) is 0 Å². The van der Waals surface area contributed by atoms with Crippen molar-refractivity contribution in [2.24, 2.45) is 5.41 Å². The van der Waals surface area contributed by atoms with Crippen LogP contribution in [0.1, 0.15) is 38.5 Å². The molecule has 1 amide bonds. The zero-order valence-electron chi connectivity index (χ0n) is 13.0. The van der Waals surface area contributed by atoms with Gasteiger partial charge in [-0.15, -0.1) is 0 Å². The highest BCUT2D eigenvalue weighted by atomic mass is 16.4. The molecule has 2 aromatic carbocycles. The highest BCUT2D eigenvalue weighted by Crippen LogP contribution is 2.44. The van der Waals surface area contributed by atoms with Gasteiger partial charge in [0.05, 0.1) is 0 Å². The number of amides is 1.